The highest BCUT2D eigenvalue weighted by atomic mass is 35.5. The number of primary amides is 1. The van der Waals surface area contributed by atoms with Gasteiger partial charge in [-0.15, -0.1) is 11.3 Å². The molecule has 5 nitrogen and oxygen atoms in total. The Kier molecular flexibility index (Phi) is 6.34. The van der Waals surface area contributed by atoms with Crippen LogP contribution in [0.25, 0.3) is 0 Å². The van der Waals surface area contributed by atoms with Crippen LogP contribution in [0.4, 0.5) is 0 Å². The van der Waals surface area contributed by atoms with E-state index < -0.39 is 5.91 Å². The zero-order valence-electron chi connectivity index (χ0n) is 15.1. The first kappa shape index (κ1) is 19.9. The fourth-order valence-electron chi connectivity index (χ4n) is 2.70. The van der Waals surface area contributed by atoms with Gasteiger partial charge in [0.2, 0.25) is 0 Å². The normalized spacial score (nSPS) is 11.6. The van der Waals surface area contributed by atoms with Gasteiger partial charge >= 0.3 is 0 Å². The second kappa shape index (κ2) is 8.91. The Bertz CT molecular complexity index is 972. The lowest BCUT2D eigenvalue weighted by atomic mass is 10.0. The van der Waals surface area contributed by atoms with Crippen molar-refractivity contribution >= 4 is 34.8 Å². The summed E-state index contributed by atoms with van der Waals surface area (Å²) in [4.78, 5) is 25.1. The van der Waals surface area contributed by atoms with E-state index in [1.165, 1.54) is 12.1 Å². The molecule has 0 saturated carbocycles. The minimum atomic E-state index is -0.672. The van der Waals surface area contributed by atoms with Gasteiger partial charge in [-0.05, 0) is 42.1 Å². The average molecular weight is 415 g/mol. The van der Waals surface area contributed by atoms with Crippen LogP contribution in [0.5, 0.6) is 5.75 Å². The van der Waals surface area contributed by atoms with Gasteiger partial charge in [0.25, 0.3) is 11.8 Å². The van der Waals surface area contributed by atoms with Gasteiger partial charge in [-0.3, -0.25) is 9.59 Å². The monoisotopic (exact) mass is 414 g/mol. The molecule has 3 rings (SSSR count). The number of hydrogen-bond acceptors (Lipinski definition) is 4. The molecule has 0 spiro atoms. The summed E-state index contributed by atoms with van der Waals surface area (Å²) in [5.41, 5.74) is 7.60. The van der Waals surface area contributed by atoms with Crippen molar-refractivity contribution in [1.29, 1.82) is 0 Å². The van der Waals surface area contributed by atoms with Crippen molar-refractivity contribution in [2.24, 2.45) is 5.73 Å². The third kappa shape index (κ3) is 4.91. The first-order valence-electron chi connectivity index (χ1n) is 8.55. The van der Waals surface area contributed by atoms with E-state index in [-0.39, 0.29) is 29.9 Å². The second-order valence-electron chi connectivity index (χ2n) is 6.22. The molecule has 0 radical (unpaired) electrons. The number of rotatable bonds is 7. The zero-order chi connectivity index (χ0) is 20.1. The Hall–Kier alpha value is -2.83. The largest absolute Gasteiger partial charge is 0.483 e. The van der Waals surface area contributed by atoms with E-state index in [2.05, 4.69) is 5.32 Å². The third-order valence-electron chi connectivity index (χ3n) is 4.11. The molecule has 7 heteroatoms. The van der Waals surface area contributed by atoms with Crippen molar-refractivity contribution in [3.63, 3.8) is 0 Å². The van der Waals surface area contributed by atoms with Crippen LogP contribution >= 0.6 is 22.9 Å². The number of nitrogens with one attached hydrogen (secondary N) is 1. The van der Waals surface area contributed by atoms with Gasteiger partial charge in [0, 0.05) is 9.90 Å². The number of aryl methyl sites for hydroxylation is 1. The number of halogens is 1. The third-order valence-corrected chi connectivity index (χ3v) is 5.28. The molecular formula is C21H19ClN2O3S. The molecule has 1 aromatic heterocycles. The lowest BCUT2D eigenvalue weighted by Gasteiger charge is -2.19. The Morgan fingerprint density at radius 3 is 2.57 bits per heavy atom. The molecule has 2 amide bonds. The van der Waals surface area contributed by atoms with Gasteiger partial charge in [0.15, 0.2) is 6.61 Å². The molecule has 2 aromatic carbocycles. The lowest BCUT2D eigenvalue weighted by molar-refractivity contribution is -0.123. The van der Waals surface area contributed by atoms with Crippen LogP contribution in [0.1, 0.15) is 32.4 Å². The van der Waals surface area contributed by atoms with Crippen molar-refractivity contribution < 1.29 is 14.3 Å². The molecular weight excluding hydrogens is 396 g/mol. The Morgan fingerprint density at radius 1 is 1.18 bits per heavy atom. The molecule has 1 atom stereocenters. The Morgan fingerprint density at radius 2 is 1.93 bits per heavy atom. The highest BCUT2D eigenvalue weighted by Crippen LogP contribution is 2.27. The standard InChI is InChI=1S/C21H19ClN2O3S/c1-13-4-6-14(7-5-13)20(18-3-2-10-28-18)24-19(25)12-27-17-9-8-15(22)11-16(17)21(23)26/h2-11,20H,12H2,1H3,(H2,23,26)(H,24,25). The summed E-state index contributed by atoms with van der Waals surface area (Å²) in [6.45, 7) is 1.76. The zero-order valence-corrected chi connectivity index (χ0v) is 16.7. The van der Waals surface area contributed by atoms with Gasteiger partial charge in [-0.25, -0.2) is 0 Å². The fourth-order valence-corrected chi connectivity index (χ4v) is 3.67. The van der Waals surface area contributed by atoms with E-state index in [0.29, 0.717) is 5.02 Å². The van der Waals surface area contributed by atoms with Crippen molar-refractivity contribution in [1.82, 2.24) is 5.32 Å². The summed E-state index contributed by atoms with van der Waals surface area (Å²) in [5, 5.41) is 5.32. The predicted octanol–water partition coefficient (Wildman–Crippen LogP) is 4.09. The van der Waals surface area contributed by atoms with Crippen LogP contribution in [0, 0.1) is 6.92 Å². The maximum atomic E-state index is 12.5. The van der Waals surface area contributed by atoms with E-state index in [4.69, 9.17) is 22.1 Å². The van der Waals surface area contributed by atoms with E-state index in [0.717, 1.165) is 16.0 Å². The number of carbonyl (C=O) groups excluding carboxylic acids is 2. The van der Waals surface area contributed by atoms with Gasteiger partial charge in [0.1, 0.15) is 5.75 Å². The molecule has 0 fully saturated rings. The van der Waals surface area contributed by atoms with Gasteiger partial charge < -0.3 is 15.8 Å². The molecule has 1 unspecified atom stereocenters. The smallest absolute Gasteiger partial charge is 0.258 e. The molecule has 0 aliphatic rings. The van der Waals surface area contributed by atoms with Crippen LogP contribution in [-0.2, 0) is 4.79 Å². The van der Waals surface area contributed by atoms with Crippen molar-refractivity contribution in [2.75, 3.05) is 6.61 Å². The summed E-state index contributed by atoms with van der Waals surface area (Å²) in [5.74, 6) is -0.770. The van der Waals surface area contributed by atoms with E-state index >= 15 is 0 Å². The molecule has 3 N–H and O–H groups in total. The van der Waals surface area contributed by atoms with Gasteiger partial charge in [-0.1, -0.05) is 47.5 Å². The molecule has 144 valence electrons. The maximum Gasteiger partial charge on any atom is 0.258 e. The SMILES string of the molecule is Cc1ccc(C(NC(=O)COc2ccc(Cl)cc2C(N)=O)c2cccs2)cc1. The quantitative estimate of drug-likeness (QED) is 0.610. The molecule has 3 aromatic rings. The fraction of sp³-hybridized carbons (Fsp3) is 0.143. The predicted molar refractivity (Wildman–Crippen MR) is 111 cm³/mol. The Balaban J connectivity index is 1.73. The van der Waals surface area contributed by atoms with Crippen molar-refractivity contribution in [3.8, 4) is 5.75 Å². The average Bonchev–Trinajstić information content (AvgIpc) is 3.20. The Labute approximate surface area is 172 Å². The molecule has 0 saturated heterocycles. The number of benzene rings is 2. The van der Waals surface area contributed by atoms with E-state index in [1.54, 1.807) is 17.4 Å². The van der Waals surface area contributed by atoms with Crippen LogP contribution in [0.15, 0.2) is 60.0 Å². The van der Waals surface area contributed by atoms with Crippen LogP contribution in [-0.4, -0.2) is 18.4 Å². The van der Waals surface area contributed by atoms with Crippen molar-refractivity contribution in [3.05, 3.63) is 86.6 Å². The van der Waals surface area contributed by atoms with Gasteiger partial charge in [-0.2, -0.15) is 0 Å². The summed E-state index contributed by atoms with van der Waals surface area (Å²) >= 11 is 7.45. The summed E-state index contributed by atoms with van der Waals surface area (Å²) in [6, 6.07) is 16.1. The minimum Gasteiger partial charge on any atom is -0.483 e. The molecule has 0 bridgehead atoms. The number of carbonyl (C=O) groups is 2. The lowest BCUT2D eigenvalue weighted by Crippen LogP contribution is -2.33. The number of nitrogens with two attached hydrogens (primary N) is 1. The topological polar surface area (TPSA) is 81.4 Å². The summed E-state index contributed by atoms with van der Waals surface area (Å²) in [6.07, 6.45) is 0. The number of thiophene rings is 1. The number of hydrogen-bond donors (Lipinski definition) is 2. The van der Waals surface area contributed by atoms with Crippen molar-refractivity contribution in [2.45, 2.75) is 13.0 Å². The first-order valence-corrected chi connectivity index (χ1v) is 9.81. The van der Waals surface area contributed by atoms with E-state index in [1.807, 2.05) is 48.7 Å². The van der Waals surface area contributed by atoms with Crippen LogP contribution in [0.2, 0.25) is 5.02 Å². The summed E-state index contributed by atoms with van der Waals surface area (Å²) in [7, 11) is 0. The minimum absolute atomic E-state index is 0.133. The van der Waals surface area contributed by atoms with E-state index in [9.17, 15) is 9.59 Å². The summed E-state index contributed by atoms with van der Waals surface area (Å²) < 4.78 is 5.52. The highest BCUT2D eigenvalue weighted by molar-refractivity contribution is 7.10. The van der Waals surface area contributed by atoms with Crippen LogP contribution in [0.3, 0.4) is 0 Å². The first-order chi connectivity index (χ1) is 13.4. The molecule has 0 aliphatic carbocycles. The van der Waals surface area contributed by atoms with Crippen LogP contribution < -0.4 is 15.8 Å². The number of ether oxygens (including phenoxy) is 1. The van der Waals surface area contributed by atoms with Gasteiger partial charge in [0.05, 0.1) is 11.6 Å². The molecule has 28 heavy (non-hydrogen) atoms. The molecule has 1 heterocycles. The maximum absolute atomic E-state index is 12.5. The molecule has 0 aliphatic heterocycles. The number of amides is 2. The second-order valence-corrected chi connectivity index (χ2v) is 7.64. The highest BCUT2D eigenvalue weighted by Gasteiger charge is 2.19.